The van der Waals surface area contributed by atoms with Gasteiger partial charge in [0, 0.05) is 18.7 Å². The Balaban J connectivity index is 2.07. The number of rotatable bonds is 3. The van der Waals surface area contributed by atoms with E-state index in [0.29, 0.717) is 6.42 Å². The van der Waals surface area contributed by atoms with Crippen molar-refractivity contribution in [1.82, 2.24) is 5.32 Å². The minimum atomic E-state index is -1.08. The van der Waals surface area contributed by atoms with Crippen molar-refractivity contribution in [3.05, 3.63) is 53.6 Å². The van der Waals surface area contributed by atoms with Gasteiger partial charge in [-0.1, -0.05) is 30.3 Å². The standard InChI is InChI=1S/C20H22N2O4/c1-12-9-18(21-20(25)26)17-10-16(7-8-19(17)22(12)13(2)24)15-5-3-14(11-23)4-6-15/h3-8,10,12,18,21,23H,9,11H2,1-2H3,(H,25,26)/t12-,18+/m0/s1. The third kappa shape index (κ3) is 3.41. The lowest BCUT2D eigenvalue weighted by molar-refractivity contribution is -0.117. The van der Waals surface area contributed by atoms with Crippen LogP contribution in [-0.4, -0.2) is 28.3 Å². The SMILES string of the molecule is CC(=O)N1c2ccc(-c3ccc(CO)cc3)cc2[C@H](NC(=O)O)C[C@@H]1C. The Labute approximate surface area is 152 Å². The number of amides is 2. The fourth-order valence-electron chi connectivity index (χ4n) is 3.61. The largest absolute Gasteiger partial charge is 0.465 e. The first-order valence-electron chi connectivity index (χ1n) is 8.54. The molecule has 2 aromatic carbocycles. The average molecular weight is 354 g/mol. The summed E-state index contributed by atoms with van der Waals surface area (Å²) in [5, 5.41) is 20.9. The van der Waals surface area contributed by atoms with Crippen LogP contribution in [0.4, 0.5) is 10.5 Å². The molecule has 3 N–H and O–H groups in total. The van der Waals surface area contributed by atoms with Crippen molar-refractivity contribution in [3.8, 4) is 11.1 Å². The zero-order valence-corrected chi connectivity index (χ0v) is 14.8. The number of hydrogen-bond acceptors (Lipinski definition) is 3. The quantitative estimate of drug-likeness (QED) is 0.789. The van der Waals surface area contributed by atoms with E-state index in [4.69, 9.17) is 0 Å². The maximum Gasteiger partial charge on any atom is 0.405 e. The van der Waals surface area contributed by atoms with Crippen molar-refractivity contribution < 1.29 is 19.8 Å². The molecule has 1 aliphatic rings. The van der Waals surface area contributed by atoms with Crippen molar-refractivity contribution in [1.29, 1.82) is 0 Å². The molecule has 26 heavy (non-hydrogen) atoms. The first-order chi connectivity index (χ1) is 12.4. The maximum absolute atomic E-state index is 12.1. The molecule has 0 aliphatic carbocycles. The molecule has 0 unspecified atom stereocenters. The molecule has 0 radical (unpaired) electrons. The number of carbonyl (C=O) groups excluding carboxylic acids is 1. The predicted molar refractivity (Wildman–Crippen MR) is 98.9 cm³/mol. The summed E-state index contributed by atoms with van der Waals surface area (Å²) in [5.41, 5.74) is 4.26. The van der Waals surface area contributed by atoms with Crippen LogP contribution >= 0.6 is 0 Å². The third-order valence-corrected chi connectivity index (χ3v) is 4.79. The van der Waals surface area contributed by atoms with Gasteiger partial charge in [0.2, 0.25) is 5.91 Å². The van der Waals surface area contributed by atoms with E-state index in [-0.39, 0.29) is 24.6 Å². The summed E-state index contributed by atoms with van der Waals surface area (Å²) >= 11 is 0. The summed E-state index contributed by atoms with van der Waals surface area (Å²) in [5.74, 6) is -0.0624. The Morgan fingerprint density at radius 2 is 1.81 bits per heavy atom. The van der Waals surface area contributed by atoms with Gasteiger partial charge in [0.15, 0.2) is 0 Å². The van der Waals surface area contributed by atoms with Crippen LogP contribution in [0.2, 0.25) is 0 Å². The van der Waals surface area contributed by atoms with Crippen LogP contribution in [0, 0.1) is 0 Å². The summed E-state index contributed by atoms with van der Waals surface area (Å²) in [6, 6.07) is 12.8. The molecular formula is C20H22N2O4. The second-order valence-corrected chi connectivity index (χ2v) is 6.60. The van der Waals surface area contributed by atoms with Crippen LogP contribution in [0.1, 0.15) is 37.4 Å². The van der Waals surface area contributed by atoms with Crippen LogP contribution in [-0.2, 0) is 11.4 Å². The molecule has 0 spiro atoms. The van der Waals surface area contributed by atoms with Gasteiger partial charge in [-0.15, -0.1) is 0 Å². The van der Waals surface area contributed by atoms with Crippen LogP contribution < -0.4 is 10.2 Å². The lowest BCUT2D eigenvalue weighted by atomic mass is 9.89. The lowest BCUT2D eigenvalue weighted by Gasteiger charge is -2.39. The van der Waals surface area contributed by atoms with Crippen molar-refractivity contribution in [2.45, 2.75) is 39.0 Å². The highest BCUT2D eigenvalue weighted by Crippen LogP contribution is 2.39. The first kappa shape index (κ1) is 17.9. The molecule has 3 rings (SSSR count). The third-order valence-electron chi connectivity index (χ3n) is 4.79. The number of carbonyl (C=O) groups is 2. The van der Waals surface area contributed by atoms with Crippen LogP contribution in [0.15, 0.2) is 42.5 Å². The highest BCUT2D eigenvalue weighted by Gasteiger charge is 2.33. The van der Waals surface area contributed by atoms with E-state index in [1.165, 1.54) is 6.92 Å². The van der Waals surface area contributed by atoms with E-state index >= 15 is 0 Å². The highest BCUT2D eigenvalue weighted by molar-refractivity contribution is 5.94. The Kier molecular flexibility index (Phi) is 4.95. The Morgan fingerprint density at radius 3 is 2.38 bits per heavy atom. The van der Waals surface area contributed by atoms with E-state index in [1.807, 2.05) is 49.4 Å². The van der Waals surface area contributed by atoms with Gasteiger partial charge in [-0.3, -0.25) is 4.79 Å². The van der Waals surface area contributed by atoms with Crippen LogP contribution in [0.25, 0.3) is 11.1 Å². The number of anilines is 1. The van der Waals surface area contributed by atoms with Crippen molar-refractivity contribution in [2.24, 2.45) is 0 Å². The molecule has 2 amide bonds. The first-order valence-corrected chi connectivity index (χ1v) is 8.54. The normalized spacial score (nSPS) is 19.0. The Hall–Kier alpha value is -2.86. The Bertz CT molecular complexity index is 832. The molecule has 0 saturated heterocycles. The van der Waals surface area contributed by atoms with Gasteiger partial charge >= 0.3 is 6.09 Å². The summed E-state index contributed by atoms with van der Waals surface area (Å²) in [6.07, 6.45) is -0.562. The summed E-state index contributed by atoms with van der Waals surface area (Å²) < 4.78 is 0. The Morgan fingerprint density at radius 1 is 1.15 bits per heavy atom. The fraction of sp³-hybridized carbons (Fsp3) is 0.300. The molecule has 0 fully saturated rings. The number of hydrogen-bond donors (Lipinski definition) is 3. The zero-order valence-electron chi connectivity index (χ0n) is 14.8. The maximum atomic E-state index is 12.1. The number of fused-ring (bicyclic) bond motifs is 1. The average Bonchev–Trinajstić information content (AvgIpc) is 2.60. The van der Waals surface area contributed by atoms with E-state index in [1.54, 1.807) is 4.90 Å². The zero-order chi connectivity index (χ0) is 18.8. The van der Waals surface area contributed by atoms with Gasteiger partial charge in [-0.25, -0.2) is 4.79 Å². The number of benzene rings is 2. The molecule has 1 heterocycles. The van der Waals surface area contributed by atoms with E-state index in [0.717, 1.165) is 27.9 Å². The minimum Gasteiger partial charge on any atom is -0.465 e. The van der Waals surface area contributed by atoms with Gasteiger partial charge in [0.25, 0.3) is 0 Å². The molecule has 0 saturated carbocycles. The number of aliphatic hydroxyl groups excluding tert-OH is 1. The summed E-state index contributed by atoms with van der Waals surface area (Å²) in [4.78, 5) is 25.0. The fourth-order valence-corrected chi connectivity index (χ4v) is 3.61. The number of aliphatic hydroxyl groups is 1. The van der Waals surface area contributed by atoms with Crippen molar-refractivity contribution >= 4 is 17.7 Å². The summed E-state index contributed by atoms with van der Waals surface area (Å²) in [6.45, 7) is 3.43. The smallest absolute Gasteiger partial charge is 0.405 e. The molecule has 6 heteroatoms. The second kappa shape index (κ2) is 7.17. The molecule has 0 aromatic heterocycles. The minimum absolute atomic E-state index is 0.0134. The van der Waals surface area contributed by atoms with Gasteiger partial charge in [-0.2, -0.15) is 0 Å². The summed E-state index contributed by atoms with van der Waals surface area (Å²) in [7, 11) is 0. The van der Waals surface area contributed by atoms with Gasteiger partial charge in [0.05, 0.1) is 12.6 Å². The molecular weight excluding hydrogens is 332 g/mol. The predicted octanol–water partition coefficient (Wildman–Crippen LogP) is 3.30. The second-order valence-electron chi connectivity index (χ2n) is 6.60. The van der Waals surface area contributed by atoms with E-state index < -0.39 is 6.09 Å². The molecule has 0 bridgehead atoms. The van der Waals surface area contributed by atoms with Crippen LogP contribution in [0.3, 0.4) is 0 Å². The topological polar surface area (TPSA) is 89.9 Å². The highest BCUT2D eigenvalue weighted by atomic mass is 16.4. The van der Waals surface area contributed by atoms with Gasteiger partial charge in [-0.05, 0) is 47.7 Å². The molecule has 1 aliphatic heterocycles. The van der Waals surface area contributed by atoms with Crippen molar-refractivity contribution in [3.63, 3.8) is 0 Å². The number of nitrogens with zero attached hydrogens (tertiary/aromatic N) is 1. The van der Waals surface area contributed by atoms with E-state index in [2.05, 4.69) is 5.32 Å². The molecule has 2 aromatic rings. The van der Waals surface area contributed by atoms with Gasteiger partial charge < -0.3 is 20.4 Å². The van der Waals surface area contributed by atoms with Crippen LogP contribution in [0.5, 0.6) is 0 Å². The molecule has 6 nitrogen and oxygen atoms in total. The molecule has 2 atom stereocenters. The van der Waals surface area contributed by atoms with Crippen molar-refractivity contribution in [2.75, 3.05) is 4.90 Å². The number of carboxylic acid groups (broad SMARTS) is 1. The monoisotopic (exact) mass is 354 g/mol. The number of nitrogens with one attached hydrogen (secondary N) is 1. The van der Waals surface area contributed by atoms with E-state index in [9.17, 15) is 19.8 Å². The van der Waals surface area contributed by atoms with Gasteiger partial charge in [0.1, 0.15) is 0 Å². The molecule has 136 valence electrons. The lowest BCUT2D eigenvalue weighted by Crippen LogP contribution is -2.45.